The fourth-order valence-electron chi connectivity index (χ4n) is 2.22. The van der Waals surface area contributed by atoms with Gasteiger partial charge in [-0.05, 0) is 24.1 Å². The molecule has 0 saturated carbocycles. The van der Waals surface area contributed by atoms with Crippen molar-refractivity contribution in [1.29, 1.82) is 0 Å². The van der Waals surface area contributed by atoms with Crippen molar-refractivity contribution in [1.82, 2.24) is 10.0 Å². The van der Waals surface area contributed by atoms with Crippen molar-refractivity contribution in [2.45, 2.75) is 23.5 Å². The van der Waals surface area contributed by atoms with E-state index in [4.69, 9.17) is 9.84 Å². The van der Waals surface area contributed by atoms with Crippen LogP contribution in [-0.2, 0) is 27.4 Å². The highest BCUT2D eigenvalue weighted by Crippen LogP contribution is 2.33. The number of carbonyl (C=O) groups excluding carboxylic acids is 1. The van der Waals surface area contributed by atoms with Crippen LogP contribution < -0.4 is 10.0 Å². The Kier molecular flexibility index (Phi) is 5.35. The number of aliphatic hydroxyl groups excluding tert-OH is 1. The molecule has 0 spiro atoms. The predicted octanol–water partition coefficient (Wildman–Crippen LogP) is 0.627. The minimum atomic E-state index is -4.64. The smallest absolute Gasteiger partial charge is 0.416 e. The number of alkyl halides is 3. The number of hydrogen-bond acceptors (Lipinski definition) is 5. The van der Waals surface area contributed by atoms with Crippen LogP contribution in [-0.4, -0.2) is 45.4 Å². The fraction of sp³-hybridized carbons (Fsp3) is 0.462. The number of benzene rings is 1. The normalized spacial score (nSPS) is 19.4. The van der Waals surface area contributed by atoms with E-state index in [2.05, 4.69) is 10.0 Å². The Morgan fingerprint density at radius 1 is 1.42 bits per heavy atom. The van der Waals surface area contributed by atoms with Gasteiger partial charge in [-0.3, -0.25) is 0 Å². The molecule has 11 heteroatoms. The highest BCUT2D eigenvalue weighted by Gasteiger charge is 2.35. The zero-order valence-electron chi connectivity index (χ0n) is 12.3. The van der Waals surface area contributed by atoms with Crippen molar-refractivity contribution < 1.29 is 36.2 Å². The second-order valence-electron chi connectivity index (χ2n) is 5.09. The molecule has 1 aromatic rings. The molecule has 0 radical (unpaired) electrons. The maximum absolute atomic E-state index is 12.7. The summed E-state index contributed by atoms with van der Waals surface area (Å²) >= 11 is 0. The van der Waals surface area contributed by atoms with Crippen LogP contribution in [0, 0.1) is 0 Å². The Morgan fingerprint density at radius 2 is 2.12 bits per heavy atom. The first-order valence-electron chi connectivity index (χ1n) is 6.87. The van der Waals surface area contributed by atoms with Crippen LogP contribution in [0.15, 0.2) is 23.1 Å². The summed E-state index contributed by atoms with van der Waals surface area (Å²) < 4.78 is 69.3. The Balaban J connectivity index is 2.12. The zero-order chi connectivity index (χ0) is 18.0. The van der Waals surface area contributed by atoms with E-state index >= 15 is 0 Å². The number of nitrogens with one attached hydrogen (secondary N) is 2. The highest BCUT2D eigenvalue weighted by molar-refractivity contribution is 7.89. The van der Waals surface area contributed by atoms with Crippen LogP contribution in [0.3, 0.4) is 0 Å². The van der Waals surface area contributed by atoms with Gasteiger partial charge in [-0.25, -0.2) is 17.9 Å². The van der Waals surface area contributed by atoms with Crippen molar-refractivity contribution in [2.24, 2.45) is 0 Å². The summed E-state index contributed by atoms with van der Waals surface area (Å²) in [6.45, 7) is -0.588. The van der Waals surface area contributed by atoms with Crippen LogP contribution >= 0.6 is 0 Å². The number of ether oxygens (including phenoxy) is 1. The van der Waals surface area contributed by atoms with E-state index < -0.39 is 38.8 Å². The van der Waals surface area contributed by atoms with Crippen LogP contribution in [0.5, 0.6) is 0 Å². The summed E-state index contributed by atoms with van der Waals surface area (Å²) in [5.41, 5.74) is -0.837. The Hall–Kier alpha value is -1.85. The average Bonchev–Trinajstić information content (AvgIpc) is 2.49. The van der Waals surface area contributed by atoms with Gasteiger partial charge < -0.3 is 15.2 Å². The van der Waals surface area contributed by atoms with E-state index in [1.54, 1.807) is 0 Å². The number of sulfonamides is 1. The summed E-state index contributed by atoms with van der Waals surface area (Å²) in [5.74, 6) is 0. The van der Waals surface area contributed by atoms with Gasteiger partial charge in [0, 0.05) is 6.54 Å². The van der Waals surface area contributed by atoms with Gasteiger partial charge in [0.25, 0.3) is 0 Å². The van der Waals surface area contributed by atoms with Gasteiger partial charge in [-0.1, -0.05) is 6.07 Å². The molecule has 1 aromatic carbocycles. The van der Waals surface area contributed by atoms with E-state index in [0.29, 0.717) is 6.07 Å². The maximum atomic E-state index is 12.7. The van der Waals surface area contributed by atoms with Gasteiger partial charge in [0.05, 0.1) is 23.1 Å². The van der Waals surface area contributed by atoms with Gasteiger partial charge in [0.15, 0.2) is 0 Å². The molecule has 0 saturated heterocycles. The highest BCUT2D eigenvalue weighted by atomic mass is 32.2. The second kappa shape index (κ2) is 6.95. The first-order valence-corrected chi connectivity index (χ1v) is 8.36. The van der Waals surface area contributed by atoms with E-state index in [9.17, 15) is 26.4 Å². The van der Waals surface area contributed by atoms with Gasteiger partial charge in [-0.2, -0.15) is 13.2 Å². The topological polar surface area (TPSA) is 105 Å². The molecule has 1 amide bonds. The molecule has 2 rings (SSSR count). The van der Waals surface area contributed by atoms with Crippen molar-refractivity contribution in [3.63, 3.8) is 0 Å². The summed E-state index contributed by atoms with van der Waals surface area (Å²) in [6, 6.07) is 1.71. The molecule has 1 atom stereocenters. The monoisotopic (exact) mass is 368 g/mol. The molecule has 1 aliphatic heterocycles. The van der Waals surface area contributed by atoms with Gasteiger partial charge in [-0.15, -0.1) is 0 Å². The first kappa shape index (κ1) is 18.5. The van der Waals surface area contributed by atoms with Gasteiger partial charge in [0.1, 0.15) is 6.61 Å². The Bertz CT molecular complexity index is 721. The number of fused-ring (bicyclic) bond motifs is 1. The largest absolute Gasteiger partial charge is 0.448 e. The fourth-order valence-corrected chi connectivity index (χ4v) is 3.71. The number of halogens is 3. The minimum absolute atomic E-state index is 0.0156. The van der Waals surface area contributed by atoms with E-state index in [0.717, 1.165) is 12.1 Å². The quantitative estimate of drug-likeness (QED) is 0.723. The summed E-state index contributed by atoms with van der Waals surface area (Å²) in [6.07, 6.45) is -5.39. The van der Waals surface area contributed by atoms with E-state index in [1.165, 1.54) is 0 Å². The van der Waals surface area contributed by atoms with Crippen LogP contribution in [0.4, 0.5) is 18.0 Å². The third kappa shape index (κ3) is 4.36. The second-order valence-corrected chi connectivity index (χ2v) is 6.77. The van der Waals surface area contributed by atoms with Crippen LogP contribution in [0.25, 0.3) is 0 Å². The molecular weight excluding hydrogens is 353 g/mol. The molecule has 24 heavy (non-hydrogen) atoms. The third-order valence-electron chi connectivity index (χ3n) is 3.27. The minimum Gasteiger partial charge on any atom is -0.448 e. The lowest BCUT2D eigenvalue weighted by atomic mass is 10.0. The van der Waals surface area contributed by atoms with Crippen LogP contribution in [0.2, 0.25) is 0 Å². The van der Waals surface area contributed by atoms with E-state index in [1.807, 2.05) is 0 Å². The summed E-state index contributed by atoms with van der Waals surface area (Å²) in [4.78, 5) is 10.8. The lowest BCUT2D eigenvalue weighted by molar-refractivity contribution is -0.137. The van der Waals surface area contributed by atoms with Crippen molar-refractivity contribution in [3.05, 3.63) is 29.3 Å². The van der Waals surface area contributed by atoms with Crippen molar-refractivity contribution >= 4 is 16.1 Å². The zero-order valence-corrected chi connectivity index (χ0v) is 13.1. The molecule has 0 bridgehead atoms. The summed E-state index contributed by atoms with van der Waals surface area (Å²) in [7, 11) is -4.14. The average molecular weight is 368 g/mol. The maximum Gasteiger partial charge on any atom is 0.416 e. The molecule has 0 aromatic heterocycles. The molecule has 0 aliphatic carbocycles. The number of rotatable bonds is 4. The number of amides is 1. The molecule has 1 unspecified atom stereocenters. The third-order valence-corrected chi connectivity index (χ3v) is 4.87. The molecule has 1 aliphatic rings. The van der Waals surface area contributed by atoms with Crippen molar-refractivity contribution in [2.75, 3.05) is 19.8 Å². The molecule has 7 nitrogen and oxygen atoms in total. The van der Waals surface area contributed by atoms with E-state index in [-0.39, 0.29) is 31.7 Å². The Labute approximate surface area is 135 Å². The van der Waals surface area contributed by atoms with Gasteiger partial charge in [0.2, 0.25) is 10.0 Å². The van der Waals surface area contributed by atoms with Crippen LogP contribution in [0.1, 0.15) is 11.1 Å². The number of carbonyl (C=O) groups is 1. The molecular formula is C13H15F3N2O5S. The molecule has 1 heterocycles. The predicted molar refractivity (Wildman–Crippen MR) is 75.7 cm³/mol. The van der Waals surface area contributed by atoms with Gasteiger partial charge >= 0.3 is 12.3 Å². The number of aliphatic hydroxyl groups is 1. The number of hydrogen-bond donors (Lipinski definition) is 3. The first-order chi connectivity index (χ1) is 11.1. The number of alkyl carbamates (subject to hydrolysis) is 1. The lowest BCUT2D eigenvalue weighted by Crippen LogP contribution is -2.45. The molecule has 3 N–H and O–H groups in total. The summed E-state index contributed by atoms with van der Waals surface area (Å²) in [5, 5.41) is 10.8. The molecule has 134 valence electrons. The SMILES string of the molecule is O=C(NCCO)OCC1Cc2ccc(C(F)(F)F)cc2S(=O)(=O)N1. The standard InChI is InChI=1S/C13H15F3N2O5S/c14-13(15,16)9-2-1-8-5-10(7-23-12(20)17-3-4-19)18-24(21,22)11(8)6-9/h1-2,6,10,18-19H,3-5,7H2,(H,17,20). The Morgan fingerprint density at radius 3 is 2.75 bits per heavy atom. The lowest BCUT2D eigenvalue weighted by Gasteiger charge is -2.26. The van der Waals surface area contributed by atoms with Crippen molar-refractivity contribution in [3.8, 4) is 0 Å². The molecule has 0 fully saturated rings.